The van der Waals surface area contributed by atoms with Crippen LogP contribution in [-0.4, -0.2) is 9.78 Å². The molecule has 0 aliphatic rings. The highest BCUT2D eigenvalue weighted by Crippen LogP contribution is 2.40. The molecule has 3 nitrogen and oxygen atoms in total. The largest absolute Gasteiger partial charge is 0.383 e. The minimum Gasteiger partial charge on any atom is -0.383 e. The van der Waals surface area contributed by atoms with E-state index in [4.69, 9.17) is 5.73 Å². The third-order valence-corrected chi connectivity index (χ3v) is 4.57. The molecule has 3 rings (SSSR count). The van der Waals surface area contributed by atoms with E-state index in [0.717, 1.165) is 26.2 Å². The average molecular weight is 334 g/mol. The number of nitrogens with two attached hydrogens (primary N) is 1. The molecule has 3 aromatic rings. The molecule has 96 valence electrons. The Balaban J connectivity index is 2.29. The smallest absolute Gasteiger partial charge is 0.130 e. The summed E-state index contributed by atoms with van der Waals surface area (Å²) in [6.45, 7) is 0. The van der Waals surface area contributed by atoms with E-state index in [9.17, 15) is 0 Å². The molecule has 0 amide bonds. The zero-order valence-electron chi connectivity index (χ0n) is 10.3. The third-order valence-electron chi connectivity index (χ3n) is 2.99. The van der Waals surface area contributed by atoms with E-state index < -0.39 is 0 Å². The molecule has 0 radical (unpaired) electrons. The van der Waals surface area contributed by atoms with Gasteiger partial charge in [0, 0.05) is 22.0 Å². The standard InChI is InChI=1S/C14H12BrN3S/c1-18-14(16)12(11-7-4-8-19-11)13(17-18)9-5-2-3-6-10(9)15/h2-8H,16H2,1H3. The Morgan fingerprint density at radius 3 is 2.68 bits per heavy atom. The summed E-state index contributed by atoms with van der Waals surface area (Å²) in [5.74, 6) is 0.688. The van der Waals surface area contributed by atoms with Crippen LogP contribution in [0.5, 0.6) is 0 Å². The van der Waals surface area contributed by atoms with Crippen molar-refractivity contribution in [1.29, 1.82) is 0 Å². The number of anilines is 1. The van der Waals surface area contributed by atoms with Crippen LogP contribution in [0.4, 0.5) is 5.82 Å². The number of nitrogens with zero attached hydrogens (tertiary/aromatic N) is 2. The number of benzene rings is 1. The van der Waals surface area contributed by atoms with Crippen molar-refractivity contribution in [2.45, 2.75) is 0 Å². The summed E-state index contributed by atoms with van der Waals surface area (Å²) < 4.78 is 2.75. The van der Waals surface area contributed by atoms with Crippen LogP contribution in [0.3, 0.4) is 0 Å². The third kappa shape index (κ3) is 2.09. The summed E-state index contributed by atoms with van der Waals surface area (Å²) in [5.41, 5.74) is 9.14. The maximum atomic E-state index is 6.17. The van der Waals surface area contributed by atoms with Crippen molar-refractivity contribution < 1.29 is 0 Å². The molecule has 0 spiro atoms. The van der Waals surface area contributed by atoms with Crippen molar-refractivity contribution in [2.75, 3.05) is 5.73 Å². The molecular formula is C14H12BrN3S. The molecule has 5 heteroatoms. The minimum atomic E-state index is 0.688. The van der Waals surface area contributed by atoms with E-state index in [1.165, 1.54) is 0 Å². The molecule has 0 aliphatic carbocycles. The van der Waals surface area contributed by atoms with Gasteiger partial charge in [0.15, 0.2) is 0 Å². The second-order valence-electron chi connectivity index (χ2n) is 4.19. The highest BCUT2D eigenvalue weighted by molar-refractivity contribution is 9.10. The van der Waals surface area contributed by atoms with Crippen molar-refractivity contribution in [3.05, 3.63) is 46.3 Å². The molecule has 19 heavy (non-hydrogen) atoms. The molecule has 0 fully saturated rings. The zero-order valence-corrected chi connectivity index (χ0v) is 12.7. The van der Waals surface area contributed by atoms with Gasteiger partial charge in [0.1, 0.15) is 11.5 Å². The fourth-order valence-electron chi connectivity index (χ4n) is 2.04. The van der Waals surface area contributed by atoms with Gasteiger partial charge in [0.25, 0.3) is 0 Å². The predicted molar refractivity (Wildman–Crippen MR) is 84.1 cm³/mol. The highest BCUT2D eigenvalue weighted by Gasteiger charge is 2.19. The van der Waals surface area contributed by atoms with Crippen LogP contribution in [-0.2, 0) is 7.05 Å². The van der Waals surface area contributed by atoms with Gasteiger partial charge in [0.05, 0.1) is 5.56 Å². The first kappa shape index (κ1) is 12.4. The SMILES string of the molecule is Cn1nc(-c2ccccc2Br)c(-c2cccs2)c1N. The number of halogens is 1. The number of hydrogen-bond donors (Lipinski definition) is 1. The van der Waals surface area contributed by atoms with E-state index in [2.05, 4.69) is 27.1 Å². The summed E-state index contributed by atoms with van der Waals surface area (Å²) in [7, 11) is 1.87. The van der Waals surface area contributed by atoms with Gasteiger partial charge in [-0.3, -0.25) is 4.68 Å². The molecular weight excluding hydrogens is 322 g/mol. The Morgan fingerprint density at radius 1 is 1.21 bits per heavy atom. The molecule has 0 atom stereocenters. The Bertz CT molecular complexity index is 716. The minimum absolute atomic E-state index is 0.688. The average Bonchev–Trinajstić information content (AvgIpc) is 3.00. The van der Waals surface area contributed by atoms with E-state index >= 15 is 0 Å². The molecule has 0 unspecified atom stereocenters. The summed E-state index contributed by atoms with van der Waals surface area (Å²) in [6, 6.07) is 12.1. The lowest BCUT2D eigenvalue weighted by Gasteiger charge is -2.03. The number of rotatable bonds is 2. The van der Waals surface area contributed by atoms with Crippen LogP contribution in [0.1, 0.15) is 0 Å². The number of thiophene rings is 1. The fourth-order valence-corrected chi connectivity index (χ4v) is 3.30. The first-order valence-corrected chi connectivity index (χ1v) is 7.47. The van der Waals surface area contributed by atoms with Gasteiger partial charge in [0.2, 0.25) is 0 Å². The molecule has 2 N–H and O–H groups in total. The fraction of sp³-hybridized carbons (Fsp3) is 0.0714. The van der Waals surface area contributed by atoms with Crippen LogP contribution in [0.15, 0.2) is 46.3 Å². The van der Waals surface area contributed by atoms with Crippen LogP contribution in [0.25, 0.3) is 21.7 Å². The van der Waals surface area contributed by atoms with Crippen molar-refractivity contribution in [2.24, 2.45) is 7.05 Å². The van der Waals surface area contributed by atoms with Crippen molar-refractivity contribution in [1.82, 2.24) is 9.78 Å². The van der Waals surface area contributed by atoms with E-state index in [-0.39, 0.29) is 0 Å². The van der Waals surface area contributed by atoms with Gasteiger partial charge in [-0.25, -0.2) is 0 Å². The van der Waals surface area contributed by atoms with E-state index in [0.29, 0.717) is 5.82 Å². The van der Waals surface area contributed by atoms with Gasteiger partial charge < -0.3 is 5.73 Å². The highest BCUT2D eigenvalue weighted by atomic mass is 79.9. The predicted octanol–water partition coefficient (Wildman–Crippen LogP) is 4.16. The van der Waals surface area contributed by atoms with Gasteiger partial charge in [-0.2, -0.15) is 5.10 Å². The molecule has 0 saturated carbocycles. The van der Waals surface area contributed by atoms with E-state index in [1.807, 2.05) is 42.8 Å². The molecule has 0 aliphatic heterocycles. The maximum Gasteiger partial charge on any atom is 0.130 e. The Labute approximate surface area is 123 Å². The number of aryl methyl sites for hydroxylation is 1. The molecule has 0 bridgehead atoms. The van der Waals surface area contributed by atoms with Gasteiger partial charge in [-0.05, 0) is 17.5 Å². The molecule has 1 aromatic carbocycles. The van der Waals surface area contributed by atoms with Gasteiger partial charge in [-0.1, -0.05) is 40.2 Å². The number of aromatic nitrogens is 2. The summed E-state index contributed by atoms with van der Waals surface area (Å²) >= 11 is 5.25. The lowest BCUT2D eigenvalue weighted by atomic mass is 10.1. The quantitative estimate of drug-likeness (QED) is 0.765. The van der Waals surface area contributed by atoms with E-state index in [1.54, 1.807) is 16.0 Å². The van der Waals surface area contributed by atoms with Crippen molar-refractivity contribution in [3.8, 4) is 21.7 Å². The lowest BCUT2D eigenvalue weighted by Crippen LogP contribution is -1.97. The maximum absolute atomic E-state index is 6.17. The summed E-state index contributed by atoms with van der Waals surface area (Å²) in [6.07, 6.45) is 0. The van der Waals surface area contributed by atoms with Crippen LogP contribution < -0.4 is 5.73 Å². The van der Waals surface area contributed by atoms with Crippen molar-refractivity contribution >= 4 is 33.1 Å². The second-order valence-corrected chi connectivity index (χ2v) is 5.99. The van der Waals surface area contributed by atoms with Gasteiger partial charge >= 0.3 is 0 Å². The van der Waals surface area contributed by atoms with Crippen LogP contribution in [0, 0.1) is 0 Å². The molecule has 2 heterocycles. The topological polar surface area (TPSA) is 43.8 Å². The molecule has 0 saturated heterocycles. The van der Waals surface area contributed by atoms with Crippen LogP contribution in [0.2, 0.25) is 0 Å². The number of nitrogen functional groups attached to an aromatic ring is 1. The van der Waals surface area contributed by atoms with Gasteiger partial charge in [-0.15, -0.1) is 11.3 Å². The Hall–Kier alpha value is -1.59. The first-order chi connectivity index (χ1) is 9.18. The monoisotopic (exact) mass is 333 g/mol. The van der Waals surface area contributed by atoms with Crippen molar-refractivity contribution in [3.63, 3.8) is 0 Å². The lowest BCUT2D eigenvalue weighted by molar-refractivity contribution is 0.782. The Morgan fingerprint density at radius 2 is 2.00 bits per heavy atom. The Kier molecular flexibility index (Phi) is 3.16. The van der Waals surface area contributed by atoms with Crippen LogP contribution >= 0.6 is 27.3 Å². The second kappa shape index (κ2) is 4.83. The number of hydrogen-bond acceptors (Lipinski definition) is 3. The first-order valence-electron chi connectivity index (χ1n) is 5.79. The molecule has 2 aromatic heterocycles. The normalized spacial score (nSPS) is 10.8. The summed E-state index contributed by atoms with van der Waals surface area (Å²) in [4.78, 5) is 1.14. The zero-order chi connectivity index (χ0) is 13.4. The summed E-state index contributed by atoms with van der Waals surface area (Å²) in [5, 5.41) is 6.61.